The van der Waals surface area contributed by atoms with E-state index in [-0.39, 0.29) is 18.0 Å². The lowest BCUT2D eigenvalue weighted by atomic mass is 10.1. The molecule has 0 aliphatic heterocycles. The van der Waals surface area contributed by atoms with Crippen LogP contribution in [0.2, 0.25) is 0 Å². The number of thiazole rings is 1. The number of hydrogen-bond donors (Lipinski definition) is 3. The number of carbonyl (C=O) groups is 2. The van der Waals surface area contributed by atoms with E-state index >= 15 is 4.39 Å². The molecule has 0 aliphatic carbocycles. The Morgan fingerprint density at radius 1 is 1.06 bits per heavy atom. The number of amides is 2. The maximum Gasteiger partial charge on any atom is 0.412 e. The Morgan fingerprint density at radius 3 is 2.60 bits per heavy atom. The van der Waals surface area contributed by atoms with Gasteiger partial charge in [0.15, 0.2) is 11.6 Å². The zero-order valence-corrected chi connectivity index (χ0v) is 27.6. The molecule has 47 heavy (non-hydrogen) atoms. The zero-order valence-electron chi connectivity index (χ0n) is 26.8. The molecule has 0 aliphatic rings. The molecule has 2 aromatic carbocycles. The van der Waals surface area contributed by atoms with Gasteiger partial charge in [0.05, 0.1) is 40.2 Å². The minimum absolute atomic E-state index is 0.0101. The molecule has 5 aromatic rings. The molecule has 0 saturated carbocycles. The normalized spacial score (nSPS) is 12.9. The monoisotopic (exact) mass is 662 g/mol. The van der Waals surface area contributed by atoms with Crippen LogP contribution in [0.3, 0.4) is 0 Å². The van der Waals surface area contributed by atoms with Crippen molar-refractivity contribution in [2.24, 2.45) is 0 Å². The van der Waals surface area contributed by atoms with E-state index in [1.54, 1.807) is 40.0 Å². The first-order chi connectivity index (χ1) is 22.3. The van der Waals surface area contributed by atoms with Gasteiger partial charge in [-0.15, -0.1) is 11.3 Å². The van der Waals surface area contributed by atoms with E-state index in [9.17, 15) is 14.7 Å². The Morgan fingerprint density at radius 2 is 1.85 bits per heavy atom. The number of anilines is 1. The summed E-state index contributed by atoms with van der Waals surface area (Å²) < 4.78 is 32.4. The van der Waals surface area contributed by atoms with E-state index in [2.05, 4.69) is 30.6 Å². The number of nitrogens with zero attached hydrogens (tertiary/aromatic N) is 4. The van der Waals surface area contributed by atoms with Gasteiger partial charge in [-0.05, 0) is 70.9 Å². The van der Waals surface area contributed by atoms with Crippen LogP contribution in [0.5, 0.6) is 11.6 Å². The summed E-state index contributed by atoms with van der Waals surface area (Å²) in [6, 6.07) is 9.67. The Hall–Kier alpha value is -4.95. The maximum absolute atomic E-state index is 15.2. The number of carbonyl (C=O) groups excluding carboxylic acids is 2. The van der Waals surface area contributed by atoms with Crippen molar-refractivity contribution in [1.82, 2.24) is 25.3 Å². The average molecular weight is 663 g/mol. The van der Waals surface area contributed by atoms with Gasteiger partial charge in [0, 0.05) is 36.1 Å². The van der Waals surface area contributed by atoms with Crippen LogP contribution in [-0.2, 0) is 4.74 Å². The molecule has 5 rings (SSSR count). The smallest absolute Gasteiger partial charge is 0.412 e. The lowest BCUT2D eigenvalue weighted by molar-refractivity contribution is 0.0402. The molecule has 246 valence electrons. The largest absolute Gasteiger partial charge is 0.484 e. The van der Waals surface area contributed by atoms with E-state index in [1.807, 2.05) is 19.1 Å². The molecule has 0 saturated heterocycles. The van der Waals surface area contributed by atoms with Crippen molar-refractivity contribution >= 4 is 50.3 Å². The summed E-state index contributed by atoms with van der Waals surface area (Å²) in [4.78, 5) is 42.8. The van der Waals surface area contributed by atoms with Gasteiger partial charge < -0.3 is 24.6 Å². The lowest BCUT2D eigenvalue weighted by Crippen LogP contribution is -2.33. The van der Waals surface area contributed by atoms with Crippen LogP contribution in [0, 0.1) is 12.7 Å². The average Bonchev–Trinajstić information content (AvgIpc) is 3.42. The fourth-order valence-corrected chi connectivity index (χ4v) is 5.55. The SMILES string of the molecule is COc1cnc2c(-c3nc4cc(F)c(O[C@@H](C)[C@@H](C)OC(=O)Nc5ccnc(C(=O)NCCC(C)(C)O)c5)cc4s3)cc(C)cc2n1. The van der Waals surface area contributed by atoms with Crippen molar-refractivity contribution in [1.29, 1.82) is 0 Å². The van der Waals surface area contributed by atoms with Crippen LogP contribution in [0.25, 0.3) is 31.8 Å². The zero-order chi connectivity index (χ0) is 33.9. The van der Waals surface area contributed by atoms with Gasteiger partial charge in [-0.25, -0.2) is 24.1 Å². The topological polar surface area (TPSA) is 158 Å². The highest BCUT2D eigenvalue weighted by Gasteiger charge is 2.22. The quantitative estimate of drug-likeness (QED) is 0.152. The van der Waals surface area contributed by atoms with Crippen molar-refractivity contribution < 1.29 is 33.3 Å². The summed E-state index contributed by atoms with van der Waals surface area (Å²) in [7, 11) is 1.53. The molecule has 3 heterocycles. The number of aromatic nitrogens is 4. The summed E-state index contributed by atoms with van der Waals surface area (Å²) in [6.07, 6.45) is 0.998. The van der Waals surface area contributed by atoms with Gasteiger partial charge in [-0.3, -0.25) is 15.1 Å². The second kappa shape index (κ2) is 13.8. The molecule has 2 amide bonds. The first-order valence-corrected chi connectivity index (χ1v) is 15.6. The highest BCUT2D eigenvalue weighted by atomic mass is 32.1. The van der Waals surface area contributed by atoms with Gasteiger partial charge in [0.25, 0.3) is 5.91 Å². The van der Waals surface area contributed by atoms with E-state index < -0.39 is 35.6 Å². The minimum Gasteiger partial charge on any atom is -0.484 e. The van der Waals surface area contributed by atoms with Crippen molar-refractivity contribution in [3.63, 3.8) is 0 Å². The number of pyridine rings is 1. The molecule has 0 fully saturated rings. The molecule has 2 atom stereocenters. The van der Waals surface area contributed by atoms with Crippen molar-refractivity contribution in [2.45, 2.75) is 58.8 Å². The summed E-state index contributed by atoms with van der Waals surface area (Å²) in [5, 5.41) is 15.7. The molecule has 0 radical (unpaired) electrons. The van der Waals surface area contributed by atoms with Crippen LogP contribution in [-0.4, -0.2) is 68.5 Å². The number of hydrogen-bond acceptors (Lipinski definition) is 11. The molecule has 0 bridgehead atoms. The third-order valence-corrected chi connectivity index (χ3v) is 8.23. The molecule has 3 aromatic heterocycles. The van der Waals surface area contributed by atoms with Crippen molar-refractivity contribution in [2.75, 3.05) is 19.0 Å². The number of ether oxygens (including phenoxy) is 3. The Labute approximate surface area is 274 Å². The van der Waals surface area contributed by atoms with Gasteiger partial charge in [-0.2, -0.15) is 0 Å². The van der Waals surface area contributed by atoms with Crippen LogP contribution < -0.4 is 20.1 Å². The van der Waals surface area contributed by atoms with Crippen LogP contribution in [0.1, 0.15) is 50.2 Å². The van der Waals surface area contributed by atoms with E-state index in [4.69, 9.17) is 14.2 Å². The van der Waals surface area contributed by atoms with Crippen LogP contribution >= 0.6 is 11.3 Å². The number of benzene rings is 2. The van der Waals surface area contributed by atoms with Gasteiger partial charge in [0.1, 0.15) is 22.9 Å². The first-order valence-electron chi connectivity index (χ1n) is 14.8. The number of rotatable bonds is 11. The second-order valence-electron chi connectivity index (χ2n) is 11.7. The van der Waals surface area contributed by atoms with Gasteiger partial charge >= 0.3 is 6.09 Å². The third kappa shape index (κ3) is 8.26. The third-order valence-electron chi connectivity index (χ3n) is 7.18. The Bertz CT molecular complexity index is 1940. The molecular weight excluding hydrogens is 627 g/mol. The molecule has 3 N–H and O–H groups in total. The number of aryl methyl sites for hydroxylation is 1. The van der Waals surface area contributed by atoms with Crippen molar-refractivity contribution in [3.05, 3.63) is 65.9 Å². The summed E-state index contributed by atoms with van der Waals surface area (Å²) in [6.45, 7) is 8.78. The molecule has 0 unspecified atom stereocenters. The standard InChI is InChI=1S/C33H35FN6O6S/c1-17-11-21(29-24(12-17)39-28(44-6)16-37-29)31-40-23-14-22(34)26(15-27(23)47-31)45-18(2)19(3)46-32(42)38-20-7-9-35-25(13-20)30(41)36-10-8-33(4,5)43/h7,9,11-16,18-19,43H,8,10H2,1-6H3,(H,36,41)(H,35,38,42)/t18-,19+/m0/s1. The van der Waals surface area contributed by atoms with Gasteiger partial charge in [-0.1, -0.05) is 0 Å². The predicted molar refractivity (Wildman–Crippen MR) is 177 cm³/mol. The number of aliphatic hydroxyl groups is 1. The lowest BCUT2D eigenvalue weighted by Gasteiger charge is -2.22. The molecule has 0 spiro atoms. The van der Waals surface area contributed by atoms with Gasteiger partial charge in [0.2, 0.25) is 5.88 Å². The molecule has 14 heteroatoms. The highest BCUT2D eigenvalue weighted by molar-refractivity contribution is 7.21. The highest BCUT2D eigenvalue weighted by Crippen LogP contribution is 2.37. The molecule has 12 nitrogen and oxygen atoms in total. The Kier molecular flexibility index (Phi) is 9.82. The fourth-order valence-electron chi connectivity index (χ4n) is 4.56. The van der Waals surface area contributed by atoms with Crippen molar-refractivity contribution in [3.8, 4) is 22.2 Å². The number of methoxy groups -OCH3 is 1. The maximum atomic E-state index is 15.2. The Balaban J connectivity index is 1.24. The second-order valence-corrected chi connectivity index (χ2v) is 12.7. The molecular formula is C33H35FN6O6S. The van der Waals surface area contributed by atoms with E-state index in [0.29, 0.717) is 44.2 Å². The van der Waals surface area contributed by atoms with Crippen LogP contribution in [0.15, 0.2) is 48.8 Å². The summed E-state index contributed by atoms with van der Waals surface area (Å²) in [5.41, 5.74) is 2.97. The predicted octanol–water partition coefficient (Wildman–Crippen LogP) is 6.05. The number of nitrogens with one attached hydrogen (secondary N) is 2. The van der Waals surface area contributed by atoms with Crippen LogP contribution in [0.4, 0.5) is 14.9 Å². The minimum atomic E-state index is -0.919. The van der Waals surface area contributed by atoms with E-state index in [0.717, 1.165) is 11.1 Å². The summed E-state index contributed by atoms with van der Waals surface area (Å²) in [5.74, 6) is -0.667. The number of halogens is 1. The number of fused-ring (bicyclic) bond motifs is 2. The first kappa shape index (κ1) is 33.4. The fraction of sp³-hybridized carbons (Fsp3) is 0.333. The van der Waals surface area contributed by atoms with E-state index in [1.165, 1.54) is 42.8 Å². The summed E-state index contributed by atoms with van der Waals surface area (Å²) >= 11 is 1.37.